The van der Waals surface area contributed by atoms with E-state index in [4.69, 9.17) is 0 Å². The summed E-state index contributed by atoms with van der Waals surface area (Å²) in [5.74, 6) is -0.242. The number of benzene rings is 2. The lowest BCUT2D eigenvalue weighted by molar-refractivity contribution is -0.117. The van der Waals surface area contributed by atoms with E-state index in [2.05, 4.69) is 42.3 Å². The molecule has 0 aliphatic rings. The molecule has 0 saturated heterocycles. The Bertz CT molecular complexity index is 1370. The van der Waals surface area contributed by atoms with Crippen LogP contribution in [-0.2, 0) is 4.79 Å². The number of H-pyrrole nitrogens is 2. The van der Waals surface area contributed by atoms with Crippen LogP contribution in [-0.4, -0.2) is 37.4 Å². The van der Waals surface area contributed by atoms with E-state index in [9.17, 15) is 14.9 Å². The summed E-state index contributed by atoms with van der Waals surface area (Å²) < 4.78 is 0. The molecule has 10 nitrogen and oxygen atoms in total. The molecule has 2 aromatic carbocycles. The molecular formula is C23H22N8O2. The van der Waals surface area contributed by atoms with Crippen LogP contribution in [0.5, 0.6) is 0 Å². The zero-order chi connectivity index (χ0) is 23.6. The lowest BCUT2D eigenvalue weighted by atomic mass is 9.92. The fraction of sp³-hybridized carbons (Fsp3) is 0.217. The number of hydrogen-bond acceptors (Lipinski definition) is 6. The van der Waals surface area contributed by atoms with Crippen molar-refractivity contribution in [2.75, 3.05) is 10.6 Å². The van der Waals surface area contributed by atoms with Crippen molar-refractivity contribution in [1.29, 1.82) is 5.26 Å². The molecule has 2 aromatic heterocycles. The molecule has 166 valence electrons. The molecule has 33 heavy (non-hydrogen) atoms. The Morgan fingerprint density at radius 2 is 1.91 bits per heavy atom. The average molecular weight is 442 g/mol. The fourth-order valence-electron chi connectivity index (χ4n) is 3.43. The highest BCUT2D eigenvalue weighted by Crippen LogP contribution is 2.28. The smallest absolute Gasteiger partial charge is 0.272 e. The van der Waals surface area contributed by atoms with E-state index >= 15 is 0 Å². The second-order valence-electron chi connectivity index (χ2n) is 8.80. The molecule has 0 spiro atoms. The number of carbonyl (C=O) groups is 2. The number of nitrogens with one attached hydrogen (secondary N) is 4. The second kappa shape index (κ2) is 8.55. The molecule has 0 fully saturated rings. The van der Waals surface area contributed by atoms with E-state index in [0.29, 0.717) is 40.1 Å². The number of rotatable bonds is 5. The van der Waals surface area contributed by atoms with E-state index in [1.807, 2.05) is 32.9 Å². The normalized spacial score (nSPS) is 11.2. The summed E-state index contributed by atoms with van der Waals surface area (Å²) in [6.45, 7) is 5.99. The van der Waals surface area contributed by atoms with Crippen LogP contribution >= 0.6 is 0 Å². The molecule has 4 aromatic rings. The van der Waals surface area contributed by atoms with E-state index in [0.717, 1.165) is 5.39 Å². The maximum absolute atomic E-state index is 13.0. The Morgan fingerprint density at radius 3 is 2.61 bits per heavy atom. The number of hydrogen-bond donors (Lipinski definition) is 4. The summed E-state index contributed by atoms with van der Waals surface area (Å²) in [5, 5.41) is 29.5. The molecule has 0 aliphatic carbocycles. The zero-order valence-electron chi connectivity index (χ0n) is 18.4. The van der Waals surface area contributed by atoms with Gasteiger partial charge in [0.1, 0.15) is 5.69 Å². The van der Waals surface area contributed by atoms with Crippen LogP contribution in [0.4, 0.5) is 11.4 Å². The maximum atomic E-state index is 13.0. The van der Waals surface area contributed by atoms with Crippen LogP contribution in [0.1, 0.15) is 43.2 Å². The van der Waals surface area contributed by atoms with Gasteiger partial charge in [0, 0.05) is 17.4 Å². The number of anilines is 2. The highest BCUT2D eigenvalue weighted by Gasteiger charge is 2.19. The minimum atomic E-state index is -0.396. The number of amides is 2. The number of tetrazole rings is 1. The van der Waals surface area contributed by atoms with Crippen LogP contribution in [0, 0.1) is 16.7 Å². The molecule has 0 unspecified atom stereocenters. The third-order valence-electron chi connectivity index (χ3n) is 4.85. The lowest BCUT2D eigenvalue weighted by Gasteiger charge is -2.17. The minimum Gasteiger partial charge on any atom is -0.349 e. The van der Waals surface area contributed by atoms with Crippen molar-refractivity contribution in [2.45, 2.75) is 27.2 Å². The third-order valence-corrected chi connectivity index (χ3v) is 4.85. The number of fused-ring (bicyclic) bond motifs is 1. The molecule has 10 heteroatoms. The quantitative estimate of drug-likeness (QED) is 0.368. The maximum Gasteiger partial charge on any atom is 0.272 e. The molecule has 2 amide bonds. The van der Waals surface area contributed by atoms with E-state index in [1.54, 1.807) is 30.3 Å². The van der Waals surface area contributed by atoms with E-state index < -0.39 is 5.91 Å². The summed E-state index contributed by atoms with van der Waals surface area (Å²) in [6, 6.07) is 14.0. The monoisotopic (exact) mass is 442 g/mol. The molecule has 4 N–H and O–H groups in total. The van der Waals surface area contributed by atoms with Crippen molar-refractivity contribution in [3.05, 3.63) is 53.7 Å². The number of aromatic amines is 2. The second-order valence-corrected chi connectivity index (χ2v) is 8.80. The third kappa shape index (κ3) is 4.88. The molecule has 0 atom stereocenters. The van der Waals surface area contributed by atoms with Gasteiger partial charge in [-0.1, -0.05) is 32.9 Å². The zero-order valence-corrected chi connectivity index (χ0v) is 18.4. The Morgan fingerprint density at radius 1 is 1.09 bits per heavy atom. The van der Waals surface area contributed by atoms with Crippen molar-refractivity contribution in [2.24, 2.45) is 5.41 Å². The topological polar surface area (TPSA) is 152 Å². The highest BCUT2D eigenvalue weighted by atomic mass is 16.2. The highest BCUT2D eigenvalue weighted by molar-refractivity contribution is 6.09. The molecule has 2 heterocycles. The lowest BCUT2D eigenvalue weighted by Crippen LogP contribution is -2.19. The van der Waals surface area contributed by atoms with Gasteiger partial charge in [0.25, 0.3) is 5.91 Å². The summed E-state index contributed by atoms with van der Waals surface area (Å²) >= 11 is 0. The number of aromatic nitrogens is 5. The average Bonchev–Trinajstić information content (AvgIpc) is 3.43. The summed E-state index contributed by atoms with van der Waals surface area (Å²) in [6.07, 6.45) is 0.370. The molecule has 4 rings (SSSR count). The van der Waals surface area contributed by atoms with Crippen LogP contribution < -0.4 is 10.6 Å². The first-order valence-electron chi connectivity index (χ1n) is 10.2. The van der Waals surface area contributed by atoms with Crippen molar-refractivity contribution in [1.82, 2.24) is 25.6 Å². The van der Waals surface area contributed by atoms with E-state index in [1.165, 1.54) is 0 Å². The van der Waals surface area contributed by atoms with Crippen LogP contribution in [0.2, 0.25) is 0 Å². The van der Waals surface area contributed by atoms with Gasteiger partial charge in [0.15, 0.2) is 0 Å². The first-order valence-corrected chi connectivity index (χ1v) is 10.2. The standard InChI is InChI=1S/C23H22N8O2/c1-23(2,3)11-19(32)25-17-6-4-5-14-10-18(26-20(14)17)22(33)27-16-8-7-13(12-24)9-15(16)21-28-30-31-29-21/h4-10,26H,11H2,1-3H3,(H,25,32)(H,27,33)(H,28,29,30,31). The predicted molar refractivity (Wildman–Crippen MR) is 123 cm³/mol. The number of carbonyl (C=O) groups excluding carboxylic acids is 2. The van der Waals surface area contributed by atoms with Gasteiger partial charge in [-0.15, -0.1) is 10.2 Å². The number of nitriles is 1. The SMILES string of the molecule is CC(C)(C)CC(=O)Nc1cccc2cc(C(=O)Nc3ccc(C#N)cc3-c3nn[nH]n3)[nH]c12. The minimum absolute atomic E-state index is 0.0991. The summed E-state index contributed by atoms with van der Waals surface area (Å²) in [7, 11) is 0. The van der Waals surface area contributed by atoms with Gasteiger partial charge >= 0.3 is 0 Å². The Kier molecular flexibility index (Phi) is 5.62. The largest absolute Gasteiger partial charge is 0.349 e. The van der Waals surface area contributed by atoms with Gasteiger partial charge < -0.3 is 15.6 Å². The number of para-hydroxylation sites is 1. The van der Waals surface area contributed by atoms with Crippen LogP contribution in [0.3, 0.4) is 0 Å². The van der Waals surface area contributed by atoms with Gasteiger partial charge in [-0.3, -0.25) is 9.59 Å². The number of nitrogens with zero attached hydrogens (tertiary/aromatic N) is 4. The first-order chi connectivity index (χ1) is 15.7. The molecule has 0 aliphatic heterocycles. The molecule has 0 radical (unpaired) electrons. The first kappa shape index (κ1) is 21.7. The fourth-order valence-corrected chi connectivity index (χ4v) is 3.43. The van der Waals surface area contributed by atoms with Gasteiger partial charge in [-0.05, 0) is 41.0 Å². The van der Waals surface area contributed by atoms with Gasteiger partial charge in [0.2, 0.25) is 11.7 Å². The van der Waals surface area contributed by atoms with E-state index in [-0.39, 0.29) is 17.1 Å². The van der Waals surface area contributed by atoms with Crippen molar-refractivity contribution >= 4 is 34.1 Å². The summed E-state index contributed by atoms with van der Waals surface area (Å²) in [4.78, 5) is 28.5. The van der Waals surface area contributed by atoms with Crippen molar-refractivity contribution in [3.63, 3.8) is 0 Å². The van der Waals surface area contributed by atoms with Gasteiger partial charge in [-0.25, -0.2) is 0 Å². The predicted octanol–water partition coefficient (Wildman–Crippen LogP) is 3.85. The Hall–Kier alpha value is -4.52. The summed E-state index contributed by atoms with van der Waals surface area (Å²) in [5.41, 5.74) is 2.71. The van der Waals surface area contributed by atoms with Gasteiger partial charge in [0.05, 0.1) is 28.5 Å². The van der Waals surface area contributed by atoms with Crippen LogP contribution in [0.15, 0.2) is 42.5 Å². The van der Waals surface area contributed by atoms with Crippen molar-refractivity contribution in [3.8, 4) is 17.5 Å². The van der Waals surface area contributed by atoms with Crippen LogP contribution in [0.25, 0.3) is 22.3 Å². The molecular weight excluding hydrogens is 420 g/mol. The molecule has 0 bridgehead atoms. The van der Waals surface area contributed by atoms with Crippen molar-refractivity contribution < 1.29 is 9.59 Å². The van der Waals surface area contributed by atoms with Gasteiger partial charge in [-0.2, -0.15) is 10.5 Å². The Labute approximate surface area is 189 Å². The molecule has 0 saturated carbocycles. The Balaban J connectivity index is 1.61.